The number of oxazole rings is 1. The number of rotatable bonds is 5. The lowest BCUT2D eigenvalue weighted by Gasteiger charge is -2.35. The van der Waals surface area contributed by atoms with Crippen LogP contribution in [0.1, 0.15) is 55.3 Å². The molecule has 0 spiro atoms. The molecule has 1 unspecified atom stereocenters. The lowest BCUT2D eigenvalue weighted by atomic mass is 10.2. The first-order valence-corrected chi connectivity index (χ1v) is 13.0. The first-order valence-electron chi connectivity index (χ1n) is 13.0. The minimum Gasteiger partial charge on any atom is -0.446 e. The fourth-order valence-electron chi connectivity index (χ4n) is 5.08. The summed E-state index contributed by atoms with van der Waals surface area (Å²) >= 11 is 0. The number of anilines is 3. The molecule has 3 fully saturated rings. The third-order valence-corrected chi connectivity index (χ3v) is 7.22. The highest BCUT2D eigenvalue weighted by molar-refractivity contribution is 6.03. The normalized spacial score (nSPS) is 20.7. The maximum atomic E-state index is 13.6. The van der Waals surface area contributed by atoms with Crippen molar-refractivity contribution in [2.24, 2.45) is 5.92 Å². The molecule has 0 aromatic carbocycles. The zero-order chi connectivity index (χ0) is 26.9. The first kappa shape index (κ1) is 26.1. The van der Waals surface area contributed by atoms with E-state index in [0.29, 0.717) is 51.0 Å². The van der Waals surface area contributed by atoms with Crippen molar-refractivity contribution in [1.29, 1.82) is 0 Å². The maximum absolute atomic E-state index is 13.6. The van der Waals surface area contributed by atoms with Crippen molar-refractivity contribution in [3.05, 3.63) is 29.8 Å². The number of carbonyl (C=O) groups is 2. The summed E-state index contributed by atoms with van der Waals surface area (Å²) in [7, 11) is 0. The van der Waals surface area contributed by atoms with Gasteiger partial charge in [-0.3, -0.25) is 4.79 Å². The average molecular weight is 537 g/mol. The molecule has 38 heavy (non-hydrogen) atoms. The van der Waals surface area contributed by atoms with Gasteiger partial charge in [0.1, 0.15) is 11.9 Å². The Kier molecular flexibility index (Phi) is 7.35. The summed E-state index contributed by atoms with van der Waals surface area (Å²) in [5.41, 5.74) is -1.13. The van der Waals surface area contributed by atoms with Gasteiger partial charge in [-0.25, -0.2) is 9.78 Å². The number of ether oxygens (including phenoxy) is 1. The zero-order valence-corrected chi connectivity index (χ0v) is 21.2. The number of pyridine rings is 1. The fraction of sp³-hybridized carbons (Fsp3) is 0.600. The number of carbonyl (C=O) groups excluding carboxylic acids is 2. The minimum absolute atomic E-state index is 0.0182. The van der Waals surface area contributed by atoms with Crippen LogP contribution < -0.4 is 15.1 Å². The van der Waals surface area contributed by atoms with Crippen LogP contribution in [-0.4, -0.2) is 72.2 Å². The van der Waals surface area contributed by atoms with Gasteiger partial charge in [-0.2, -0.15) is 18.2 Å². The van der Waals surface area contributed by atoms with Crippen LogP contribution in [0.15, 0.2) is 22.7 Å². The van der Waals surface area contributed by atoms with Crippen LogP contribution in [0.5, 0.6) is 0 Å². The molecule has 1 aliphatic carbocycles. The SMILES string of the molecule is CC1CCN(c2nc(C(F)(F)F)c(C(=O)Nc3ccc(N4CCN(C(=O)OC5CCCC5)CC4)nc3)o2)C1. The molecule has 2 amide bonds. The molecule has 1 saturated carbocycles. The Bertz CT molecular complexity index is 1140. The summed E-state index contributed by atoms with van der Waals surface area (Å²) in [6, 6.07) is 3.03. The van der Waals surface area contributed by atoms with Gasteiger partial charge in [0.2, 0.25) is 5.76 Å². The van der Waals surface area contributed by atoms with Gasteiger partial charge in [-0.1, -0.05) is 6.92 Å². The number of piperazine rings is 1. The minimum atomic E-state index is -4.84. The molecule has 3 aliphatic rings. The van der Waals surface area contributed by atoms with E-state index in [9.17, 15) is 22.8 Å². The molecule has 0 bridgehead atoms. The Morgan fingerprint density at radius 1 is 1.05 bits per heavy atom. The standard InChI is InChI=1S/C25H31F3N6O4/c1-16-8-9-34(15-16)23-31-21(25(26,27)28)20(38-23)22(35)30-17-6-7-19(29-14-17)32-10-12-33(13-11-32)24(36)37-18-4-2-3-5-18/h6-7,14,16,18H,2-5,8-13,15H2,1H3,(H,30,35). The van der Waals surface area contributed by atoms with E-state index in [1.807, 2.05) is 11.8 Å². The van der Waals surface area contributed by atoms with E-state index in [1.54, 1.807) is 21.9 Å². The molecule has 0 radical (unpaired) electrons. The number of amides is 2. The number of alkyl halides is 3. The number of nitrogens with one attached hydrogen (secondary N) is 1. The van der Waals surface area contributed by atoms with Gasteiger partial charge in [-0.15, -0.1) is 0 Å². The van der Waals surface area contributed by atoms with Crippen LogP contribution in [0.2, 0.25) is 0 Å². The van der Waals surface area contributed by atoms with Gasteiger partial charge in [0.25, 0.3) is 11.9 Å². The third-order valence-electron chi connectivity index (χ3n) is 7.22. The highest BCUT2D eigenvalue weighted by atomic mass is 19.4. The number of hydrogen-bond donors (Lipinski definition) is 1. The summed E-state index contributed by atoms with van der Waals surface area (Å²) in [6.45, 7) is 5.13. The molecular weight excluding hydrogens is 505 g/mol. The number of nitrogens with zero attached hydrogens (tertiary/aromatic N) is 5. The molecule has 4 heterocycles. The predicted octanol–water partition coefficient (Wildman–Crippen LogP) is 4.39. The van der Waals surface area contributed by atoms with Crippen LogP contribution >= 0.6 is 0 Å². The second-order valence-corrected chi connectivity index (χ2v) is 10.1. The van der Waals surface area contributed by atoms with Crippen molar-refractivity contribution in [1.82, 2.24) is 14.9 Å². The topological polar surface area (TPSA) is 104 Å². The molecule has 5 rings (SSSR count). The van der Waals surface area contributed by atoms with E-state index >= 15 is 0 Å². The van der Waals surface area contributed by atoms with Crippen LogP contribution in [-0.2, 0) is 10.9 Å². The van der Waals surface area contributed by atoms with Gasteiger partial charge < -0.3 is 29.2 Å². The van der Waals surface area contributed by atoms with E-state index < -0.39 is 23.5 Å². The molecule has 2 aromatic heterocycles. The molecule has 10 nitrogen and oxygen atoms in total. The monoisotopic (exact) mass is 536 g/mol. The molecule has 2 aromatic rings. The second-order valence-electron chi connectivity index (χ2n) is 10.1. The summed E-state index contributed by atoms with van der Waals surface area (Å²) in [5.74, 6) is -0.997. The first-order chi connectivity index (χ1) is 18.2. The zero-order valence-electron chi connectivity index (χ0n) is 21.2. The average Bonchev–Trinajstić information content (AvgIpc) is 3.65. The smallest absolute Gasteiger partial charge is 0.437 e. The van der Waals surface area contributed by atoms with Crippen molar-refractivity contribution < 1.29 is 31.9 Å². The second kappa shape index (κ2) is 10.7. The summed E-state index contributed by atoms with van der Waals surface area (Å²) in [5, 5.41) is 2.43. The summed E-state index contributed by atoms with van der Waals surface area (Å²) in [4.78, 5) is 38.4. The van der Waals surface area contributed by atoms with Crippen molar-refractivity contribution in [2.75, 3.05) is 54.4 Å². The van der Waals surface area contributed by atoms with Crippen molar-refractivity contribution in [3.63, 3.8) is 0 Å². The number of hydrogen-bond acceptors (Lipinski definition) is 8. The van der Waals surface area contributed by atoms with E-state index in [0.717, 1.165) is 32.1 Å². The van der Waals surface area contributed by atoms with Gasteiger partial charge in [0.05, 0.1) is 11.9 Å². The van der Waals surface area contributed by atoms with Gasteiger partial charge >= 0.3 is 12.3 Å². The fourth-order valence-corrected chi connectivity index (χ4v) is 5.08. The Labute approximate surface area is 218 Å². The Hall–Kier alpha value is -3.51. The molecule has 2 aliphatic heterocycles. The third kappa shape index (κ3) is 5.81. The Morgan fingerprint density at radius 2 is 1.79 bits per heavy atom. The van der Waals surface area contributed by atoms with Crippen LogP contribution in [0.3, 0.4) is 0 Å². The van der Waals surface area contributed by atoms with E-state index in [2.05, 4.69) is 15.3 Å². The van der Waals surface area contributed by atoms with Crippen LogP contribution in [0, 0.1) is 5.92 Å². The molecule has 1 N–H and O–H groups in total. The van der Waals surface area contributed by atoms with Gasteiger partial charge in [0.15, 0.2) is 5.69 Å². The van der Waals surface area contributed by atoms with E-state index in [-0.39, 0.29) is 23.9 Å². The van der Waals surface area contributed by atoms with Crippen molar-refractivity contribution in [2.45, 2.75) is 51.3 Å². The van der Waals surface area contributed by atoms with E-state index in [1.165, 1.54) is 6.20 Å². The maximum Gasteiger partial charge on any atom is 0.437 e. The highest BCUT2D eigenvalue weighted by Gasteiger charge is 2.42. The number of aromatic nitrogens is 2. The van der Waals surface area contributed by atoms with Crippen LogP contribution in [0.25, 0.3) is 0 Å². The quantitative estimate of drug-likeness (QED) is 0.600. The molecule has 13 heteroatoms. The molecule has 206 valence electrons. The van der Waals surface area contributed by atoms with Crippen molar-refractivity contribution in [3.8, 4) is 0 Å². The summed E-state index contributed by atoms with van der Waals surface area (Å²) in [6.07, 6.45) is 1.11. The van der Waals surface area contributed by atoms with E-state index in [4.69, 9.17) is 9.15 Å². The lowest BCUT2D eigenvalue weighted by molar-refractivity contribution is -0.141. The lowest BCUT2D eigenvalue weighted by Crippen LogP contribution is -2.49. The number of halogens is 3. The Morgan fingerprint density at radius 3 is 2.39 bits per heavy atom. The predicted molar refractivity (Wildman–Crippen MR) is 132 cm³/mol. The molecule has 1 atom stereocenters. The molecular formula is C25H31F3N6O4. The Balaban J connectivity index is 1.19. The van der Waals surface area contributed by atoms with Gasteiger partial charge in [-0.05, 0) is 50.2 Å². The molecule has 2 saturated heterocycles. The largest absolute Gasteiger partial charge is 0.446 e. The highest BCUT2D eigenvalue weighted by Crippen LogP contribution is 2.35. The van der Waals surface area contributed by atoms with Crippen LogP contribution in [0.4, 0.5) is 35.5 Å². The summed E-state index contributed by atoms with van der Waals surface area (Å²) < 4.78 is 51.7. The van der Waals surface area contributed by atoms with Crippen molar-refractivity contribution >= 4 is 29.5 Å². The van der Waals surface area contributed by atoms with Gasteiger partial charge in [0, 0.05) is 39.3 Å².